The second-order valence-corrected chi connectivity index (χ2v) is 4.70. The molecule has 6 heteroatoms. The van der Waals surface area contributed by atoms with Crippen LogP contribution in [0.3, 0.4) is 0 Å². The van der Waals surface area contributed by atoms with E-state index in [4.69, 9.17) is 4.52 Å². The van der Waals surface area contributed by atoms with Crippen molar-refractivity contribution in [3.8, 4) is 0 Å². The molecule has 5 nitrogen and oxygen atoms in total. The summed E-state index contributed by atoms with van der Waals surface area (Å²) >= 11 is 0. The van der Waals surface area contributed by atoms with Crippen molar-refractivity contribution in [3.63, 3.8) is 0 Å². The largest absolute Gasteiger partial charge is 0.364 e. The highest BCUT2D eigenvalue weighted by Crippen LogP contribution is 2.09. The predicted molar refractivity (Wildman–Crippen MR) is 94.9 cm³/mol. The zero-order valence-electron chi connectivity index (χ0n) is 12.5. The Morgan fingerprint density at radius 3 is 2.57 bits per heavy atom. The van der Waals surface area contributed by atoms with Crippen molar-refractivity contribution in [1.29, 1.82) is 0 Å². The Kier molecular flexibility index (Phi) is 7.21. The highest BCUT2D eigenvalue weighted by molar-refractivity contribution is 14.0. The SMILES string of the molecule is CN=C(NCc1ccon1)NCc1ccc(C)cc1C.I. The van der Waals surface area contributed by atoms with E-state index in [1.54, 1.807) is 13.3 Å². The molecule has 0 aliphatic rings. The number of nitrogens with one attached hydrogen (secondary N) is 2. The van der Waals surface area contributed by atoms with Gasteiger partial charge in [-0.1, -0.05) is 28.9 Å². The molecule has 1 aromatic carbocycles. The smallest absolute Gasteiger partial charge is 0.191 e. The maximum absolute atomic E-state index is 4.79. The third-order valence-electron chi connectivity index (χ3n) is 3.10. The predicted octanol–water partition coefficient (Wildman–Crippen LogP) is 2.77. The van der Waals surface area contributed by atoms with E-state index < -0.39 is 0 Å². The number of aryl methyl sites for hydroxylation is 2. The fourth-order valence-corrected chi connectivity index (χ4v) is 1.95. The number of nitrogens with zero attached hydrogens (tertiary/aromatic N) is 2. The Labute approximate surface area is 142 Å². The normalized spacial score (nSPS) is 10.9. The summed E-state index contributed by atoms with van der Waals surface area (Å²) in [5.74, 6) is 0.743. The van der Waals surface area contributed by atoms with Crippen LogP contribution in [-0.4, -0.2) is 18.2 Å². The molecule has 0 fully saturated rings. The fraction of sp³-hybridized carbons (Fsp3) is 0.333. The van der Waals surface area contributed by atoms with Crippen LogP contribution in [0.2, 0.25) is 0 Å². The van der Waals surface area contributed by atoms with E-state index in [-0.39, 0.29) is 24.0 Å². The zero-order chi connectivity index (χ0) is 14.4. The topological polar surface area (TPSA) is 62.5 Å². The van der Waals surface area contributed by atoms with Gasteiger partial charge in [-0.15, -0.1) is 24.0 Å². The van der Waals surface area contributed by atoms with Crippen LogP contribution in [0.4, 0.5) is 0 Å². The van der Waals surface area contributed by atoms with Crippen LogP contribution < -0.4 is 10.6 Å². The van der Waals surface area contributed by atoms with Gasteiger partial charge < -0.3 is 15.2 Å². The number of guanidine groups is 1. The minimum absolute atomic E-state index is 0. The standard InChI is InChI=1S/C15H20N4O.HI/c1-11-4-5-13(12(2)8-11)9-17-15(16-3)18-10-14-6-7-20-19-14;/h4-8H,9-10H2,1-3H3,(H2,16,17,18);1H. The van der Waals surface area contributed by atoms with Crippen molar-refractivity contribution in [2.75, 3.05) is 7.05 Å². The van der Waals surface area contributed by atoms with Crippen molar-refractivity contribution in [2.45, 2.75) is 26.9 Å². The molecule has 0 aliphatic carbocycles. The molecule has 0 saturated carbocycles. The first kappa shape index (κ1) is 17.5. The molecule has 2 aromatic rings. The Bertz CT molecular complexity index is 581. The average Bonchev–Trinajstić information content (AvgIpc) is 2.94. The Hall–Kier alpha value is -1.57. The Morgan fingerprint density at radius 2 is 1.95 bits per heavy atom. The maximum atomic E-state index is 4.79. The van der Waals surface area contributed by atoms with Crippen molar-refractivity contribution in [1.82, 2.24) is 15.8 Å². The lowest BCUT2D eigenvalue weighted by Gasteiger charge is -2.12. The minimum atomic E-state index is 0. The highest BCUT2D eigenvalue weighted by Gasteiger charge is 2.02. The van der Waals surface area contributed by atoms with E-state index in [1.807, 2.05) is 6.07 Å². The van der Waals surface area contributed by atoms with E-state index >= 15 is 0 Å². The summed E-state index contributed by atoms with van der Waals surface area (Å²) < 4.78 is 4.79. The molecule has 0 saturated heterocycles. The molecule has 114 valence electrons. The second-order valence-electron chi connectivity index (χ2n) is 4.70. The fourth-order valence-electron chi connectivity index (χ4n) is 1.95. The van der Waals surface area contributed by atoms with Gasteiger partial charge in [0.25, 0.3) is 0 Å². The molecule has 1 heterocycles. The molecule has 0 amide bonds. The van der Waals surface area contributed by atoms with Crippen LogP contribution in [0.25, 0.3) is 0 Å². The second kappa shape index (κ2) is 8.66. The van der Waals surface area contributed by atoms with Gasteiger partial charge in [-0.05, 0) is 25.0 Å². The summed E-state index contributed by atoms with van der Waals surface area (Å²) in [5.41, 5.74) is 4.67. The molecule has 2 rings (SSSR count). The van der Waals surface area contributed by atoms with Gasteiger partial charge >= 0.3 is 0 Å². The van der Waals surface area contributed by atoms with Crippen molar-refractivity contribution in [2.24, 2.45) is 4.99 Å². The van der Waals surface area contributed by atoms with E-state index in [9.17, 15) is 0 Å². The van der Waals surface area contributed by atoms with Crippen molar-refractivity contribution >= 4 is 29.9 Å². The Balaban J connectivity index is 0.00000220. The quantitative estimate of drug-likeness (QED) is 0.471. The first-order valence-electron chi connectivity index (χ1n) is 6.59. The van der Waals surface area contributed by atoms with Crippen LogP contribution in [0, 0.1) is 13.8 Å². The van der Waals surface area contributed by atoms with Crippen LogP contribution in [0.1, 0.15) is 22.4 Å². The zero-order valence-corrected chi connectivity index (χ0v) is 14.8. The molecule has 0 spiro atoms. The Morgan fingerprint density at radius 1 is 1.19 bits per heavy atom. The average molecular weight is 400 g/mol. The molecule has 2 N–H and O–H groups in total. The van der Waals surface area contributed by atoms with Gasteiger partial charge in [-0.25, -0.2) is 0 Å². The van der Waals surface area contributed by atoms with Gasteiger partial charge in [-0.3, -0.25) is 4.99 Å². The number of aliphatic imine (C=N–C) groups is 1. The monoisotopic (exact) mass is 400 g/mol. The van der Waals surface area contributed by atoms with Gasteiger partial charge in [0.05, 0.1) is 6.54 Å². The van der Waals surface area contributed by atoms with Crippen LogP contribution in [0.15, 0.2) is 40.0 Å². The summed E-state index contributed by atoms with van der Waals surface area (Å²) in [7, 11) is 1.75. The van der Waals surface area contributed by atoms with Crippen molar-refractivity contribution < 1.29 is 4.52 Å². The molecule has 0 bridgehead atoms. The van der Waals surface area contributed by atoms with E-state index in [0.29, 0.717) is 6.54 Å². The third-order valence-corrected chi connectivity index (χ3v) is 3.10. The number of benzene rings is 1. The number of aromatic nitrogens is 1. The molecule has 0 atom stereocenters. The molecular weight excluding hydrogens is 379 g/mol. The van der Waals surface area contributed by atoms with E-state index in [1.165, 1.54) is 16.7 Å². The summed E-state index contributed by atoms with van der Waals surface area (Å²) in [6, 6.07) is 8.27. The van der Waals surface area contributed by atoms with Gasteiger partial charge in [0.15, 0.2) is 5.96 Å². The molecule has 21 heavy (non-hydrogen) atoms. The summed E-state index contributed by atoms with van der Waals surface area (Å²) in [6.45, 7) is 5.55. The number of hydrogen-bond donors (Lipinski definition) is 2. The van der Waals surface area contributed by atoms with Gasteiger partial charge in [0.2, 0.25) is 0 Å². The minimum Gasteiger partial charge on any atom is -0.364 e. The van der Waals surface area contributed by atoms with Gasteiger partial charge in [0.1, 0.15) is 12.0 Å². The van der Waals surface area contributed by atoms with Crippen molar-refractivity contribution in [3.05, 3.63) is 52.9 Å². The van der Waals surface area contributed by atoms with Crippen LogP contribution in [0.5, 0.6) is 0 Å². The van der Waals surface area contributed by atoms with Crippen LogP contribution >= 0.6 is 24.0 Å². The maximum Gasteiger partial charge on any atom is 0.191 e. The molecule has 0 aliphatic heterocycles. The molecule has 1 aromatic heterocycles. The summed E-state index contributed by atoms with van der Waals surface area (Å²) in [6.07, 6.45) is 1.56. The number of hydrogen-bond acceptors (Lipinski definition) is 3. The van der Waals surface area contributed by atoms with Gasteiger partial charge in [-0.2, -0.15) is 0 Å². The first-order valence-corrected chi connectivity index (χ1v) is 6.59. The lowest BCUT2D eigenvalue weighted by molar-refractivity contribution is 0.410. The lowest BCUT2D eigenvalue weighted by Crippen LogP contribution is -2.36. The third kappa shape index (κ3) is 5.37. The number of halogens is 1. The lowest BCUT2D eigenvalue weighted by atomic mass is 10.1. The number of rotatable bonds is 4. The molecule has 0 unspecified atom stereocenters. The first-order chi connectivity index (χ1) is 9.69. The molecule has 0 radical (unpaired) electrons. The summed E-state index contributed by atoms with van der Waals surface area (Å²) in [5, 5.41) is 10.3. The summed E-state index contributed by atoms with van der Waals surface area (Å²) in [4.78, 5) is 4.19. The van der Waals surface area contributed by atoms with Crippen LogP contribution in [-0.2, 0) is 13.1 Å². The van der Waals surface area contributed by atoms with Gasteiger partial charge in [0, 0.05) is 19.7 Å². The highest BCUT2D eigenvalue weighted by atomic mass is 127. The van der Waals surface area contributed by atoms with E-state index in [0.717, 1.165) is 18.2 Å². The molecular formula is C15H21IN4O. The van der Waals surface area contributed by atoms with E-state index in [2.05, 4.69) is 52.8 Å².